The number of fused-ring (bicyclic) bond motifs is 1. The van der Waals surface area contributed by atoms with E-state index >= 15 is 0 Å². The van der Waals surface area contributed by atoms with Gasteiger partial charge in [-0.25, -0.2) is 0 Å². The van der Waals surface area contributed by atoms with Crippen LogP contribution >= 0.6 is 0 Å². The molecule has 4 rings (SSSR count). The Morgan fingerprint density at radius 2 is 1.72 bits per heavy atom. The number of nitrogens with zero attached hydrogens (tertiary/aromatic N) is 3. The van der Waals surface area contributed by atoms with Gasteiger partial charge in [-0.3, -0.25) is 14.9 Å². The van der Waals surface area contributed by atoms with Gasteiger partial charge in [0, 0.05) is 35.4 Å². The van der Waals surface area contributed by atoms with Crippen molar-refractivity contribution < 1.29 is 0 Å². The van der Waals surface area contributed by atoms with E-state index in [4.69, 9.17) is 9.97 Å². The monoisotopic (exact) mass is 388 g/mol. The molecule has 1 fully saturated rings. The van der Waals surface area contributed by atoms with Gasteiger partial charge in [-0.05, 0) is 57.5 Å². The third-order valence-corrected chi connectivity index (χ3v) is 6.12. The normalized spacial score (nSPS) is 19.6. The number of anilines is 1. The zero-order chi connectivity index (χ0) is 20.2. The Morgan fingerprint density at radius 3 is 2.55 bits per heavy atom. The van der Waals surface area contributed by atoms with E-state index in [-0.39, 0.29) is 0 Å². The number of para-hydroxylation sites is 1. The molecule has 3 aromatic rings. The van der Waals surface area contributed by atoms with E-state index in [1.165, 1.54) is 36.8 Å². The van der Waals surface area contributed by atoms with Crippen LogP contribution in [0, 0.1) is 13.8 Å². The summed E-state index contributed by atoms with van der Waals surface area (Å²) >= 11 is 0. The first-order valence-electron chi connectivity index (χ1n) is 10.9. The van der Waals surface area contributed by atoms with Crippen LogP contribution in [-0.2, 0) is 6.54 Å². The molecule has 1 aromatic carbocycles. The lowest BCUT2D eigenvalue weighted by atomic mass is 9.88. The SMILES string of the molecule is CCN(Cc1cccc(C)n1)C1CCCCC1Nc1cccc2ccc(C)nc12. The molecule has 0 saturated heterocycles. The molecule has 152 valence electrons. The summed E-state index contributed by atoms with van der Waals surface area (Å²) in [6.07, 6.45) is 5.01. The predicted octanol–water partition coefficient (Wildman–Crippen LogP) is 5.49. The molecule has 2 heterocycles. The molecule has 2 atom stereocenters. The fourth-order valence-electron chi connectivity index (χ4n) is 4.64. The minimum absolute atomic E-state index is 0.432. The van der Waals surface area contributed by atoms with E-state index in [1.54, 1.807) is 0 Å². The number of likely N-dealkylation sites (N-methyl/N-ethyl adjacent to an activating group) is 1. The molecular weight excluding hydrogens is 356 g/mol. The highest BCUT2D eigenvalue weighted by Gasteiger charge is 2.30. The molecule has 0 aliphatic heterocycles. The Bertz CT molecular complexity index is 968. The summed E-state index contributed by atoms with van der Waals surface area (Å²) < 4.78 is 0. The van der Waals surface area contributed by atoms with E-state index in [0.29, 0.717) is 12.1 Å². The van der Waals surface area contributed by atoms with Crippen LogP contribution in [0.15, 0.2) is 48.5 Å². The molecule has 1 aliphatic rings. The van der Waals surface area contributed by atoms with Gasteiger partial charge in [-0.2, -0.15) is 0 Å². The molecule has 4 heteroatoms. The molecule has 1 N–H and O–H groups in total. The molecule has 0 radical (unpaired) electrons. The van der Waals surface area contributed by atoms with E-state index in [0.717, 1.165) is 35.7 Å². The van der Waals surface area contributed by atoms with Gasteiger partial charge in [-0.15, -0.1) is 0 Å². The maximum atomic E-state index is 4.82. The smallest absolute Gasteiger partial charge is 0.0936 e. The molecular formula is C25H32N4. The molecule has 1 saturated carbocycles. The van der Waals surface area contributed by atoms with Gasteiger partial charge >= 0.3 is 0 Å². The number of pyridine rings is 2. The largest absolute Gasteiger partial charge is 0.379 e. The molecule has 0 bridgehead atoms. The highest BCUT2D eigenvalue weighted by molar-refractivity contribution is 5.90. The van der Waals surface area contributed by atoms with Gasteiger partial charge in [0.2, 0.25) is 0 Å². The average Bonchev–Trinajstić information content (AvgIpc) is 2.73. The quantitative estimate of drug-likeness (QED) is 0.606. The molecule has 0 spiro atoms. The van der Waals surface area contributed by atoms with Crippen LogP contribution in [0.1, 0.15) is 49.7 Å². The first-order valence-corrected chi connectivity index (χ1v) is 10.9. The number of benzene rings is 1. The van der Waals surface area contributed by atoms with Crippen molar-refractivity contribution in [1.82, 2.24) is 14.9 Å². The summed E-state index contributed by atoms with van der Waals surface area (Å²) in [5.74, 6) is 0. The lowest BCUT2D eigenvalue weighted by molar-refractivity contribution is 0.142. The van der Waals surface area contributed by atoms with Crippen LogP contribution in [0.2, 0.25) is 0 Å². The molecule has 1 aliphatic carbocycles. The van der Waals surface area contributed by atoms with Crippen molar-refractivity contribution >= 4 is 16.6 Å². The van der Waals surface area contributed by atoms with Crippen molar-refractivity contribution in [2.45, 2.75) is 65.1 Å². The lowest BCUT2D eigenvalue weighted by Gasteiger charge is -2.40. The summed E-state index contributed by atoms with van der Waals surface area (Å²) in [5, 5.41) is 5.09. The second-order valence-corrected chi connectivity index (χ2v) is 8.27. The Morgan fingerprint density at radius 1 is 0.931 bits per heavy atom. The van der Waals surface area contributed by atoms with Crippen LogP contribution in [-0.4, -0.2) is 33.5 Å². The third-order valence-electron chi connectivity index (χ3n) is 6.12. The number of rotatable bonds is 6. The average molecular weight is 389 g/mol. The zero-order valence-corrected chi connectivity index (χ0v) is 17.9. The van der Waals surface area contributed by atoms with Gasteiger partial charge in [0.25, 0.3) is 0 Å². The second-order valence-electron chi connectivity index (χ2n) is 8.27. The highest BCUT2D eigenvalue weighted by atomic mass is 15.2. The summed E-state index contributed by atoms with van der Waals surface area (Å²) in [6.45, 7) is 8.34. The number of hydrogen-bond donors (Lipinski definition) is 1. The van der Waals surface area contributed by atoms with Crippen LogP contribution in [0.3, 0.4) is 0 Å². The third kappa shape index (κ3) is 4.59. The minimum atomic E-state index is 0.432. The fraction of sp³-hybridized carbons (Fsp3) is 0.440. The van der Waals surface area contributed by atoms with Gasteiger partial charge in [0.1, 0.15) is 0 Å². The Kier molecular flexibility index (Phi) is 6.10. The predicted molar refractivity (Wildman–Crippen MR) is 121 cm³/mol. The van der Waals surface area contributed by atoms with Crippen LogP contribution in [0.25, 0.3) is 10.9 Å². The molecule has 2 aromatic heterocycles. The Hall–Kier alpha value is -2.46. The minimum Gasteiger partial charge on any atom is -0.379 e. The summed E-state index contributed by atoms with van der Waals surface area (Å²) in [5.41, 5.74) is 5.56. The van der Waals surface area contributed by atoms with Gasteiger partial charge < -0.3 is 5.32 Å². The summed E-state index contributed by atoms with van der Waals surface area (Å²) in [6, 6.07) is 18.0. The van der Waals surface area contributed by atoms with Gasteiger partial charge in [-0.1, -0.05) is 44.0 Å². The van der Waals surface area contributed by atoms with Crippen LogP contribution in [0.5, 0.6) is 0 Å². The van der Waals surface area contributed by atoms with Crippen molar-refractivity contribution in [3.8, 4) is 0 Å². The standard InChI is InChI=1S/C25H32N4/c1-4-29(17-21-11-7-9-18(2)26-21)24-14-6-5-12-22(24)28-23-13-8-10-20-16-15-19(3)27-25(20)23/h7-11,13,15-16,22,24,28H,4-6,12,14,17H2,1-3H3. The first kappa shape index (κ1) is 19.8. The number of nitrogens with one attached hydrogen (secondary N) is 1. The first-order chi connectivity index (χ1) is 14.1. The summed E-state index contributed by atoms with van der Waals surface area (Å²) in [7, 11) is 0. The van der Waals surface area contributed by atoms with Crippen molar-refractivity contribution in [3.63, 3.8) is 0 Å². The van der Waals surface area contributed by atoms with E-state index < -0.39 is 0 Å². The molecule has 2 unspecified atom stereocenters. The number of aryl methyl sites for hydroxylation is 2. The zero-order valence-electron chi connectivity index (χ0n) is 17.9. The maximum Gasteiger partial charge on any atom is 0.0936 e. The fourth-order valence-corrected chi connectivity index (χ4v) is 4.64. The van der Waals surface area contributed by atoms with E-state index in [1.807, 2.05) is 0 Å². The number of aromatic nitrogens is 2. The maximum absolute atomic E-state index is 4.82. The highest BCUT2D eigenvalue weighted by Crippen LogP contribution is 2.30. The second kappa shape index (κ2) is 8.91. The number of hydrogen-bond acceptors (Lipinski definition) is 4. The summed E-state index contributed by atoms with van der Waals surface area (Å²) in [4.78, 5) is 12.2. The van der Waals surface area contributed by atoms with Crippen molar-refractivity contribution in [3.05, 3.63) is 65.6 Å². The van der Waals surface area contributed by atoms with Crippen LogP contribution in [0.4, 0.5) is 5.69 Å². The van der Waals surface area contributed by atoms with Crippen molar-refractivity contribution in [1.29, 1.82) is 0 Å². The topological polar surface area (TPSA) is 41.1 Å². The molecule has 0 amide bonds. The lowest BCUT2D eigenvalue weighted by Crippen LogP contribution is -2.48. The Balaban J connectivity index is 1.58. The van der Waals surface area contributed by atoms with Gasteiger partial charge in [0.15, 0.2) is 0 Å². The van der Waals surface area contributed by atoms with Crippen molar-refractivity contribution in [2.24, 2.45) is 0 Å². The van der Waals surface area contributed by atoms with E-state index in [9.17, 15) is 0 Å². The van der Waals surface area contributed by atoms with E-state index in [2.05, 4.69) is 79.5 Å². The molecule has 4 nitrogen and oxygen atoms in total. The molecule has 29 heavy (non-hydrogen) atoms. The van der Waals surface area contributed by atoms with Gasteiger partial charge in [0.05, 0.1) is 16.9 Å². The van der Waals surface area contributed by atoms with Crippen molar-refractivity contribution in [2.75, 3.05) is 11.9 Å². The Labute approximate surface area is 174 Å². The van der Waals surface area contributed by atoms with Crippen LogP contribution < -0.4 is 5.32 Å².